The van der Waals surface area contributed by atoms with Crippen molar-refractivity contribution in [3.63, 3.8) is 0 Å². The molecule has 1 unspecified atom stereocenters. The minimum atomic E-state index is 0.737. The first-order valence-corrected chi connectivity index (χ1v) is 8.21. The molecule has 3 atom stereocenters. The van der Waals surface area contributed by atoms with Crippen LogP contribution < -0.4 is 5.32 Å². The monoisotopic (exact) mass is 252 g/mol. The van der Waals surface area contributed by atoms with Crippen LogP contribution in [0.25, 0.3) is 0 Å². The van der Waals surface area contributed by atoms with Gasteiger partial charge in [0.15, 0.2) is 0 Å². The fourth-order valence-corrected chi connectivity index (χ4v) is 4.06. The summed E-state index contributed by atoms with van der Waals surface area (Å²) in [6.45, 7) is 9.50. The molecule has 2 nitrogen and oxygen atoms in total. The predicted molar refractivity (Wildman–Crippen MR) is 78.9 cm³/mol. The molecule has 2 rings (SSSR count). The first-order chi connectivity index (χ1) is 8.72. The summed E-state index contributed by atoms with van der Waals surface area (Å²) in [6, 6.07) is 2.31. The zero-order valence-corrected chi connectivity index (χ0v) is 12.6. The van der Waals surface area contributed by atoms with E-state index in [2.05, 4.69) is 31.0 Å². The van der Waals surface area contributed by atoms with Crippen molar-refractivity contribution in [3.05, 3.63) is 0 Å². The summed E-state index contributed by atoms with van der Waals surface area (Å²) in [5.74, 6) is 0.936. The highest BCUT2D eigenvalue weighted by molar-refractivity contribution is 4.88. The number of nitrogens with zero attached hydrogens (tertiary/aromatic N) is 1. The van der Waals surface area contributed by atoms with E-state index in [4.69, 9.17) is 0 Å². The Kier molecular flexibility index (Phi) is 5.50. The lowest BCUT2D eigenvalue weighted by atomic mass is 9.92. The maximum Gasteiger partial charge on any atom is 0.0223 e. The van der Waals surface area contributed by atoms with Gasteiger partial charge in [0.25, 0.3) is 0 Å². The summed E-state index contributed by atoms with van der Waals surface area (Å²) >= 11 is 0. The number of likely N-dealkylation sites (tertiary alicyclic amines) is 1. The summed E-state index contributed by atoms with van der Waals surface area (Å²) in [5.41, 5.74) is 0. The number of hydrogen-bond acceptors (Lipinski definition) is 2. The largest absolute Gasteiger partial charge is 0.313 e. The van der Waals surface area contributed by atoms with Gasteiger partial charge in [-0.05, 0) is 52.0 Å². The van der Waals surface area contributed by atoms with Crippen LogP contribution in [0.5, 0.6) is 0 Å². The number of likely N-dealkylation sites (N-methyl/N-ethyl adjacent to an activating group) is 1. The molecule has 0 aromatic rings. The van der Waals surface area contributed by atoms with E-state index in [0.717, 1.165) is 30.6 Å². The second-order valence-corrected chi connectivity index (χ2v) is 6.53. The zero-order valence-electron chi connectivity index (χ0n) is 12.6. The topological polar surface area (TPSA) is 15.3 Å². The van der Waals surface area contributed by atoms with Gasteiger partial charge >= 0.3 is 0 Å². The van der Waals surface area contributed by atoms with E-state index in [1.165, 1.54) is 51.5 Å². The lowest BCUT2D eigenvalue weighted by molar-refractivity contribution is 0.0811. The highest BCUT2D eigenvalue weighted by atomic mass is 15.2. The standard InChI is InChI=1S/C16H32N2/c1-4-17-16(15-10-5-6-11-15)12-18-13(2)8-7-9-14(18)3/h13-17H,4-12H2,1-3H3/t13-,14+,16?. The molecule has 2 fully saturated rings. The molecule has 0 amide bonds. The van der Waals surface area contributed by atoms with E-state index in [1.54, 1.807) is 0 Å². The molecule has 0 aromatic heterocycles. The summed E-state index contributed by atoms with van der Waals surface area (Å²) in [7, 11) is 0. The zero-order chi connectivity index (χ0) is 13.0. The van der Waals surface area contributed by atoms with Crippen LogP contribution >= 0.6 is 0 Å². The van der Waals surface area contributed by atoms with Crippen molar-refractivity contribution in [2.45, 2.75) is 83.8 Å². The quantitative estimate of drug-likeness (QED) is 0.806. The van der Waals surface area contributed by atoms with Crippen LogP contribution in [-0.2, 0) is 0 Å². The van der Waals surface area contributed by atoms with E-state index in [0.29, 0.717) is 0 Å². The minimum absolute atomic E-state index is 0.737. The normalized spacial score (nSPS) is 32.8. The molecule has 0 radical (unpaired) electrons. The van der Waals surface area contributed by atoms with Crippen molar-refractivity contribution < 1.29 is 0 Å². The molecule has 0 bridgehead atoms. The van der Waals surface area contributed by atoms with Gasteiger partial charge in [0.1, 0.15) is 0 Å². The Hall–Kier alpha value is -0.0800. The Labute approximate surface area is 114 Å². The Morgan fingerprint density at radius 2 is 1.61 bits per heavy atom. The third-order valence-corrected chi connectivity index (χ3v) is 5.22. The molecule has 106 valence electrons. The highest BCUT2D eigenvalue weighted by Crippen LogP contribution is 2.30. The lowest BCUT2D eigenvalue weighted by Gasteiger charge is -2.42. The smallest absolute Gasteiger partial charge is 0.0223 e. The first-order valence-electron chi connectivity index (χ1n) is 8.21. The van der Waals surface area contributed by atoms with Crippen molar-refractivity contribution in [1.82, 2.24) is 10.2 Å². The molecule has 2 aliphatic rings. The molecule has 0 aromatic carbocycles. The molecular weight excluding hydrogens is 220 g/mol. The summed E-state index contributed by atoms with van der Waals surface area (Å²) < 4.78 is 0. The van der Waals surface area contributed by atoms with E-state index in [1.807, 2.05) is 0 Å². The van der Waals surface area contributed by atoms with E-state index >= 15 is 0 Å². The Balaban J connectivity index is 1.93. The van der Waals surface area contributed by atoms with Gasteiger partial charge in [-0.1, -0.05) is 26.2 Å². The number of hydrogen-bond donors (Lipinski definition) is 1. The van der Waals surface area contributed by atoms with Crippen molar-refractivity contribution in [2.24, 2.45) is 5.92 Å². The van der Waals surface area contributed by atoms with Crippen LogP contribution in [0.4, 0.5) is 0 Å². The van der Waals surface area contributed by atoms with Gasteiger partial charge in [0.05, 0.1) is 0 Å². The van der Waals surface area contributed by atoms with Gasteiger partial charge in [-0.15, -0.1) is 0 Å². The molecule has 0 spiro atoms. The van der Waals surface area contributed by atoms with Gasteiger partial charge in [-0.2, -0.15) is 0 Å². The third kappa shape index (κ3) is 3.48. The summed E-state index contributed by atoms with van der Waals surface area (Å²) in [5, 5.41) is 3.77. The first kappa shape index (κ1) is 14.3. The number of nitrogens with one attached hydrogen (secondary N) is 1. The Bertz CT molecular complexity index is 225. The van der Waals surface area contributed by atoms with Crippen molar-refractivity contribution in [3.8, 4) is 0 Å². The van der Waals surface area contributed by atoms with Crippen molar-refractivity contribution >= 4 is 0 Å². The maximum absolute atomic E-state index is 3.77. The minimum Gasteiger partial charge on any atom is -0.313 e. The molecule has 1 saturated carbocycles. The Morgan fingerprint density at radius 3 is 2.17 bits per heavy atom. The van der Waals surface area contributed by atoms with Crippen molar-refractivity contribution in [2.75, 3.05) is 13.1 Å². The average Bonchev–Trinajstić information content (AvgIpc) is 2.86. The molecule has 1 saturated heterocycles. The third-order valence-electron chi connectivity index (χ3n) is 5.22. The summed E-state index contributed by atoms with van der Waals surface area (Å²) in [6.07, 6.45) is 10.0. The second kappa shape index (κ2) is 6.91. The molecule has 2 heteroatoms. The van der Waals surface area contributed by atoms with Crippen molar-refractivity contribution in [1.29, 1.82) is 0 Å². The van der Waals surface area contributed by atoms with Crippen LogP contribution in [0.3, 0.4) is 0 Å². The lowest BCUT2D eigenvalue weighted by Crippen LogP contribution is -2.52. The number of rotatable bonds is 5. The van der Waals surface area contributed by atoms with Gasteiger partial charge in [0, 0.05) is 24.7 Å². The fourth-order valence-electron chi connectivity index (χ4n) is 4.06. The molecule has 1 N–H and O–H groups in total. The van der Waals surface area contributed by atoms with E-state index in [9.17, 15) is 0 Å². The maximum atomic E-state index is 3.77. The Morgan fingerprint density at radius 1 is 1.00 bits per heavy atom. The van der Waals surface area contributed by atoms with Crippen LogP contribution in [0.1, 0.15) is 65.7 Å². The van der Waals surface area contributed by atoms with Gasteiger partial charge < -0.3 is 5.32 Å². The SMILES string of the molecule is CCNC(CN1[C@H](C)CCC[C@@H]1C)C1CCCC1. The molecule has 1 heterocycles. The van der Waals surface area contributed by atoms with E-state index < -0.39 is 0 Å². The van der Waals surface area contributed by atoms with Gasteiger partial charge in [0.2, 0.25) is 0 Å². The van der Waals surface area contributed by atoms with Crippen LogP contribution in [0, 0.1) is 5.92 Å². The van der Waals surface area contributed by atoms with Crippen LogP contribution in [0.15, 0.2) is 0 Å². The molecule has 18 heavy (non-hydrogen) atoms. The van der Waals surface area contributed by atoms with Crippen LogP contribution in [-0.4, -0.2) is 36.1 Å². The molecule has 1 aliphatic carbocycles. The second-order valence-electron chi connectivity index (χ2n) is 6.53. The number of piperidine rings is 1. The molecule has 1 aliphatic heterocycles. The van der Waals surface area contributed by atoms with E-state index in [-0.39, 0.29) is 0 Å². The van der Waals surface area contributed by atoms with Crippen LogP contribution in [0.2, 0.25) is 0 Å². The molecular formula is C16H32N2. The fraction of sp³-hybridized carbons (Fsp3) is 1.00. The summed E-state index contributed by atoms with van der Waals surface area (Å²) in [4.78, 5) is 2.77. The average molecular weight is 252 g/mol. The van der Waals surface area contributed by atoms with Gasteiger partial charge in [-0.25, -0.2) is 0 Å². The van der Waals surface area contributed by atoms with Gasteiger partial charge in [-0.3, -0.25) is 4.90 Å². The predicted octanol–water partition coefficient (Wildman–Crippen LogP) is 3.42. The highest BCUT2D eigenvalue weighted by Gasteiger charge is 2.31.